The Morgan fingerprint density at radius 1 is 1.18 bits per heavy atom. The molecule has 0 unspecified atom stereocenters. The van der Waals surface area contributed by atoms with Crippen molar-refractivity contribution in [3.63, 3.8) is 0 Å². The molecule has 2 nitrogen and oxygen atoms in total. The average Bonchev–Trinajstić information content (AvgIpc) is 2.37. The van der Waals surface area contributed by atoms with Crippen molar-refractivity contribution in [1.82, 2.24) is 0 Å². The molecule has 0 aliphatic carbocycles. The first-order valence-corrected chi connectivity index (χ1v) is 6.46. The summed E-state index contributed by atoms with van der Waals surface area (Å²) < 4.78 is 5.64. The van der Waals surface area contributed by atoms with Crippen LogP contribution in [0.25, 0.3) is 6.08 Å². The van der Waals surface area contributed by atoms with Crippen molar-refractivity contribution >= 4 is 6.08 Å². The molecule has 0 saturated carbocycles. The predicted molar refractivity (Wildman–Crippen MR) is 74.2 cm³/mol. The van der Waals surface area contributed by atoms with Crippen LogP contribution in [0.5, 0.6) is 5.75 Å². The first-order chi connectivity index (χ1) is 8.36. The third kappa shape index (κ3) is 6.12. The van der Waals surface area contributed by atoms with Gasteiger partial charge in [0.15, 0.2) is 0 Å². The number of hydrogen-bond donors (Lipinski definition) is 1. The molecule has 1 rings (SSSR count). The quantitative estimate of drug-likeness (QED) is 0.696. The maximum absolute atomic E-state index is 5.64. The van der Waals surface area contributed by atoms with Gasteiger partial charge in [0.1, 0.15) is 5.75 Å². The molecular weight excluding hydrogens is 210 g/mol. The summed E-state index contributed by atoms with van der Waals surface area (Å²) in [5, 5.41) is 0. The highest BCUT2D eigenvalue weighted by atomic mass is 16.5. The van der Waals surface area contributed by atoms with Crippen LogP contribution in [-0.4, -0.2) is 13.2 Å². The molecular formula is C15H23NO. The van der Waals surface area contributed by atoms with Crippen molar-refractivity contribution in [3.05, 3.63) is 35.9 Å². The molecule has 1 aromatic rings. The van der Waals surface area contributed by atoms with E-state index in [1.54, 1.807) is 0 Å². The highest BCUT2D eigenvalue weighted by Gasteiger charge is 1.93. The van der Waals surface area contributed by atoms with E-state index in [0.29, 0.717) is 6.54 Å². The molecule has 1 aromatic carbocycles. The zero-order valence-electron chi connectivity index (χ0n) is 10.7. The van der Waals surface area contributed by atoms with Gasteiger partial charge in [0.25, 0.3) is 0 Å². The van der Waals surface area contributed by atoms with Crippen molar-refractivity contribution in [1.29, 1.82) is 0 Å². The first-order valence-electron chi connectivity index (χ1n) is 6.46. The van der Waals surface area contributed by atoms with E-state index >= 15 is 0 Å². The lowest BCUT2D eigenvalue weighted by molar-refractivity contribution is 0.306. The molecule has 0 aromatic heterocycles. The molecule has 0 radical (unpaired) electrons. The fraction of sp³-hybridized carbons (Fsp3) is 0.467. The zero-order valence-corrected chi connectivity index (χ0v) is 10.7. The van der Waals surface area contributed by atoms with Crippen molar-refractivity contribution in [2.75, 3.05) is 13.2 Å². The minimum absolute atomic E-state index is 0.703. The average molecular weight is 233 g/mol. The molecule has 0 atom stereocenters. The Morgan fingerprint density at radius 3 is 2.59 bits per heavy atom. The van der Waals surface area contributed by atoms with Crippen LogP contribution in [0.15, 0.2) is 30.3 Å². The molecule has 2 N–H and O–H groups in total. The van der Waals surface area contributed by atoms with E-state index in [9.17, 15) is 0 Å². The molecule has 0 saturated heterocycles. The maximum atomic E-state index is 5.64. The fourth-order valence-corrected chi connectivity index (χ4v) is 1.53. The topological polar surface area (TPSA) is 35.2 Å². The lowest BCUT2D eigenvalue weighted by atomic mass is 10.2. The van der Waals surface area contributed by atoms with Gasteiger partial charge in [-0.15, -0.1) is 0 Å². The molecule has 0 amide bonds. The Balaban J connectivity index is 2.34. The molecule has 0 aliphatic heterocycles. The van der Waals surface area contributed by atoms with E-state index in [2.05, 4.69) is 31.2 Å². The minimum Gasteiger partial charge on any atom is -0.494 e. The number of hydrogen-bond acceptors (Lipinski definition) is 2. The van der Waals surface area contributed by atoms with Crippen LogP contribution in [-0.2, 0) is 0 Å². The number of nitrogens with two attached hydrogens (primary N) is 1. The zero-order chi connectivity index (χ0) is 12.3. The van der Waals surface area contributed by atoms with Crippen LogP contribution in [0.3, 0.4) is 0 Å². The summed E-state index contributed by atoms with van der Waals surface area (Å²) in [5.41, 5.74) is 6.62. The fourth-order valence-electron chi connectivity index (χ4n) is 1.53. The third-order valence-electron chi connectivity index (χ3n) is 2.54. The summed E-state index contributed by atoms with van der Waals surface area (Å²) in [6.45, 7) is 3.72. The van der Waals surface area contributed by atoms with E-state index in [-0.39, 0.29) is 0 Å². The van der Waals surface area contributed by atoms with Crippen molar-refractivity contribution in [2.24, 2.45) is 5.73 Å². The monoisotopic (exact) mass is 233 g/mol. The van der Waals surface area contributed by atoms with Crippen LogP contribution >= 0.6 is 0 Å². The molecule has 0 fully saturated rings. The van der Waals surface area contributed by atoms with Gasteiger partial charge in [0.2, 0.25) is 0 Å². The first kappa shape index (κ1) is 13.8. The second-order valence-corrected chi connectivity index (χ2v) is 4.10. The highest BCUT2D eigenvalue weighted by molar-refractivity contribution is 5.50. The smallest absolute Gasteiger partial charge is 0.119 e. The molecule has 0 bridgehead atoms. The number of rotatable bonds is 8. The summed E-state index contributed by atoms with van der Waals surface area (Å²) in [6, 6.07) is 8.19. The van der Waals surface area contributed by atoms with E-state index in [1.807, 2.05) is 12.1 Å². The summed E-state index contributed by atoms with van der Waals surface area (Å²) in [5.74, 6) is 0.956. The minimum atomic E-state index is 0.703. The predicted octanol–water partition coefficient (Wildman–Crippen LogP) is 3.62. The van der Waals surface area contributed by atoms with E-state index < -0.39 is 0 Å². The van der Waals surface area contributed by atoms with Crippen LogP contribution in [0.1, 0.15) is 38.2 Å². The van der Waals surface area contributed by atoms with Gasteiger partial charge in [-0.3, -0.25) is 0 Å². The summed E-state index contributed by atoms with van der Waals surface area (Å²) in [4.78, 5) is 0. The van der Waals surface area contributed by atoms with Crippen molar-refractivity contribution < 1.29 is 4.74 Å². The van der Waals surface area contributed by atoms with Gasteiger partial charge in [-0.2, -0.15) is 0 Å². The van der Waals surface area contributed by atoms with E-state index in [1.165, 1.54) is 18.4 Å². The summed E-state index contributed by atoms with van der Waals surface area (Å²) in [7, 11) is 0. The second-order valence-electron chi connectivity index (χ2n) is 4.10. The Labute approximate surface area is 104 Å². The van der Waals surface area contributed by atoms with Gasteiger partial charge in [-0.1, -0.05) is 44.1 Å². The van der Waals surface area contributed by atoms with Gasteiger partial charge in [0, 0.05) is 0 Å². The van der Waals surface area contributed by atoms with Crippen LogP contribution in [0.4, 0.5) is 0 Å². The molecule has 0 aliphatic rings. The van der Waals surface area contributed by atoms with Gasteiger partial charge in [0.05, 0.1) is 6.61 Å². The van der Waals surface area contributed by atoms with E-state index in [4.69, 9.17) is 10.5 Å². The van der Waals surface area contributed by atoms with Crippen molar-refractivity contribution in [2.45, 2.75) is 32.6 Å². The maximum Gasteiger partial charge on any atom is 0.119 e. The Bertz CT molecular complexity index is 316. The van der Waals surface area contributed by atoms with Crippen LogP contribution < -0.4 is 10.5 Å². The van der Waals surface area contributed by atoms with Crippen LogP contribution in [0.2, 0.25) is 0 Å². The number of ether oxygens (including phenoxy) is 1. The summed E-state index contributed by atoms with van der Waals surface area (Å²) in [6.07, 6.45) is 8.71. The second kappa shape index (κ2) is 8.82. The molecule has 94 valence electrons. The Kier molecular flexibility index (Phi) is 7.15. The van der Waals surface area contributed by atoms with E-state index in [0.717, 1.165) is 25.2 Å². The molecule has 0 spiro atoms. The molecule has 2 heteroatoms. The highest BCUT2D eigenvalue weighted by Crippen LogP contribution is 2.13. The van der Waals surface area contributed by atoms with Gasteiger partial charge >= 0.3 is 0 Å². The van der Waals surface area contributed by atoms with Gasteiger partial charge < -0.3 is 10.5 Å². The Morgan fingerprint density at radius 2 is 1.94 bits per heavy atom. The normalized spacial score (nSPS) is 10.9. The molecule has 0 heterocycles. The lowest BCUT2D eigenvalue weighted by Crippen LogP contribution is -1.96. The van der Waals surface area contributed by atoms with Crippen molar-refractivity contribution in [3.8, 4) is 5.75 Å². The molecule has 17 heavy (non-hydrogen) atoms. The Hall–Kier alpha value is -1.28. The third-order valence-corrected chi connectivity index (χ3v) is 2.54. The van der Waals surface area contributed by atoms with Gasteiger partial charge in [-0.05, 0) is 37.1 Å². The number of unbranched alkanes of at least 4 members (excludes halogenated alkanes) is 2. The van der Waals surface area contributed by atoms with Gasteiger partial charge in [-0.25, -0.2) is 0 Å². The standard InChI is InChI=1S/C15H23NO/c1-2-3-6-13-17-15-10-8-14(9-11-15)7-4-5-12-16/h4,7-11H,2-3,5-6,12-13,16H2,1H3. The SMILES string of the molecule is CCCCCOc1ccc(C=CCCN)cc1. The lowest BCUT2D eigenvalue weighted by Gasteiger charge is -2.05. The largest absolute Gasteiger partial charge is 0.494 e. The summed E-state index contributed by atoms with van der Waals surface area (Å²) >= 11 is 0. The van der Waals surface area contributed by atoms with Crippen LogP contribution in [0, 0.1) is 0 Å². The number of benzene rings is 1.